The summed E-state index contributed by atoms with van der Waals surface area (Å²) < 4.78 is 0. The zero-order valence-corrected chi connectivity index (χ0v) is 18.7. The van der Waals surface area contributed by atoms with Gasteiger partial charge in [-0.1, -0.05) is 56.3 Å². The summed E-state index contributed by atoms with van der Waals surface area (Å²) in [7, 11) is 0. The third kappa shape index (κ3) is 5.09. The molecule has 0 unspecified atom stereocenters. The van der Waals surface area contributed by atoms with E-state index in [2.05, 4.69) is 86.1 Å². The standard InChI is InChI=1S/C27H34N2O/c1-5-21(6-2)22-14-16-25(17-15-22)29(20(3)4)18-23-10-7-8-12-26(23)27-13-9-11-24(19-30)28-27/h7-17,20-21,30H,5-6,18-19H2,1-4H3. The zero-order valence-electron chi connectivity index (χ0n) is 18.7. The Kier molecular flexibility index (Phi) is 7.64. The number of benzene rings is 2. The molecule has 0 amide bonds. The number of nitrogens with zero attached hydrogens (tertiary/aromatic N) is 2. The number of anilines is 1. The SMILES string of the molecule is CCC(CC)c1ccc(N(Cc2ccccc2-c2cccc(CO)n2)C(C)C)cc1. The molecule has 0 aliphatic carbocycles. The fourth-order valence-electron chi connectivity index (χ4n) is 4.08. The number of aliphatic hydroxyl groups excluding tert-OH is 1. The lowest BCUT2D eigenvalue weighted by molar-refractivity contribution is 0.277. The van der Waals surface area contributed by atoms with Gasteiger partial charge in [0.05, 0.1) is 18.0 Å². The Balaban J connectivity index is 1.91. The number of aliphatic hydroxyl groups is 1. The molecule has 0 saturated heterocycles. The molecule has 0 aliphatic heterocycles. The molecule has 0 aliphatic rings. The molecular weight excluding hydrogens is 368 g/mol. The van der Waals surface area contributed by atoms with E-state index < -0.39 is 0 Å². The van der Waals surface area contributed by atoms with Crippen molar-refractivity contribution in [2.45, 2.75) is 65.6 Å². The minimum atomic E-state index is -0.0447. The molecule has 2 aromatic carbocycles. The topological polar surface area (TPSA) is 36.4 Å². The van der Waals surface area contributed by atoms with Crippen LogP contribution in [0.5, 0.6) is 0 Å². The Hall–Kier alpha value is -2.65. The van der Waals surface area contributed by atoms with Crippen LogP contribution in [0.1, 0.15) is 63.3 Å². The van der Waals surface area contributed by atoms with E-state index in [-0.39, 0.29) is 6.61 Å². The molecular formula is C27H34N2O. The first-order chi connectivity index (χ1) is 14.6. The van der Waals surface area contributed by atoms with Crippen LogP contribution in [0.4, 0.5) is 5.69 Å². The first-order valence-corrected chi connectivity index (χ1v) is 11.1. The van der Waals surface area contributed by atoms with Gasteiger partial charge in [0.1, 0.15) is 0 Å². The highest BCUT2D eigenvalue weighted by Crippen LogP contribution is 2.29. The van der Waals surface area contributed by atoms with E-state index >= 15 is 0 Å². The molecule has 30 heavy (non-hydrogen) atoms. The highest BCUT2D eigenvalue weighted by atomic mass is 16.3. The number of hydrogen-bond acceptors (Lipinski definition) is 3. The highest BCUT2D eigenvalue weighted by molar-refractivity contribution is 5.65. The summed E-state index contributed by atoms with van der Waals surface area (Å²) in [6.07, 6.45) is 2.36. The molecule has 0 atom stereocenters. The van der Waals surface area contributed by atoms with Gasteiger partial charge >= 0.3 is 0 Å². The van der Waals surface area contributed by atoms with Gasteiger partial charge in [0.2, 0.25) is 0 Å². The quantitative estimate of drug-likeness (QED) is 0.440. The molecule has 0 radical (unpaired) electrons. The normalized spacial score (nSPS) is 11.3. The Morgan fingerprint density at radius 3 is 2.20 bits per heavy atom. The van der Waals surface area contributed by atoms with Crippen LogP contribution in [0.15, 0.2) is 66.7 Å². The summed E-state index contributed by atoms with van der Waals surface area (Å²) >= 11 is 0. The van der Waals surface area contributed by atoms with Crippen molar-refractivity contribution in [3.63, 3.8) is 0 Å². The molecule has 1 N–H and O–H groups in total. The average Bonchev–Trinajstić information content (AvgIpc) is 2.79. The monoisotopic (exact) mass is 402 g/mol. The number of pyridine rings is 1. The van der Waals surface area contributed by atoms with Gasteiger partial charge in [0, 0.05) is 23.8 Å². The van der Waals surface area contributed by atoms with Crippen LogP contribution in [0.25, 0.3) is 11.3 Å². The van der Waals surface area contributed by atoms with Gasteiger partial charge in [-0.2, -0.15) is 0 Å². The maximum absolute atomic E-state index is 9.47. The molecule has 0 spiro atoms. The molecule has 0 saturated carbocycles. The molecule has 0 fully saturated rings. The van der Waals surface area contributed by atoms with E-state index in [0.717, 1.165) is 17.8 Å². The van der Waals surface area contributed by atoms with Gasteiger partial charge in [0.15, 0.2) is 0 Å². The second kappa shape index (κ2) is 10.4. The van der Waals surface area contributed by atoms with Crippen LogP contribution in [-0.2, 0) is 13.2 Å². The minimum Gasteiger partial charge on any atom is -0.390 e. The van der Waals surface area contributed by atoms with Crippen LogP contribution in [-0.4, -0.2) is 16.1 Å². The molecule has 1 heterocycles. The van der Waals surface area contributed by atoms with E-state index in [4.69, 9.17) is 0 Å². The maximum atomic E-state index is 9.47. The smallest absolute Gasteiger partial charge is 0.0853 e. The van der Waals surface area contributed by atoms with Crippen LogP contribution in [0.2, 0.25) is 0 Å². The summed E-state index contributed by atoms with van der Waals surface area (Å²) in [5, 5.41) is 9.47. The van der Waals surface area contributed by atoms with Crippen molar-refractivity contribution in [2.75, 3.05) is 4.90 Å². The Bertz CT molecular complexity index is 930. The fourth-order valence-corrected chi connectivity index (χ4v) is 4.08. The van der Waals surface area contributed by atoms with Gasteiger partial charge in [-0.05, 0) is 68.0 Å². The van der Waals surface area contributed by atoms with Crippen LogP contribution in [0, 0.1) is 0 Å². The molecule has 158 valence electrons. The van der Waals surface area contributed by atoms with E-state index in [0.29, 0.717) is 17.7 Å². The maximum Gasteiger partial charge on any atom is 0.0853 e. The van der Waals surface area contributed by atoms with Gasteiger partial charge in [-0.25, -0.2) is 0 Å². The number of rotatable bonds is 9. The molecule has 3 aromatic rings. The van der Waals surface area contributed by atoms with E-state index in [1.165, 1.54) is 29.7 Å². The third-order valence-electron chi connectivity index (χ3n) is 5.91. The second-order valence-electron chi connectivity index (χ2n) is 8.16. The lowest BCUT2D eigenvalue weighted by atomic mass is 9.94. The third-order valence-corrected chi connectivity index (χ3v) is 5.91. The van der Waals surface area contributed by atoms with Gasteiger partial charge < -0.3 is 10.0 Å². The Morgan fingerprint density at radius 2 is 1.57 bits per heavy atom. The van der Waals surface area contributed by atoms with Gasteiger partial charge in [-0.15, -0.1) is 0 Å². The average molecular weight is 403 g/mol. The largest absolute Gasteiger partial charge is 0.390 e. The van der Waals surface area contributed by atoms with Crippen molar-refractivity contribution < 1.29 is 5.11 Å². The highest BCUT2D eigenvalue weighted by Gasteiger charge is 2.16. The summed E-state index contributed by atoms with van der Waals surface area (Å²) in [6, 6.07) is 23.7. The van der Waals surface area contributed by atoms with E-state index in [1.807, 2.05) is 18.2 Å². The predicted molar refractivity (Wildman–Crippen MR) is 127 cm³/mol. The summed E-state index contributed by atoms with van der Waals surface area (Å²) in [5.74, 6) is 0.636. The lowest BCUT2D eigenvalue weighted by Crippen LogP contribution is -2.30. The summed E-state index contributed by atoms with van der Waals surface area (Å²) in [5.41, 5.74) is 6.62. The molecule has 3 nitrogen and oxygen atoms in total. The van der Waals surface area contributed by atoms with Crippen molar-refractivity contribution in [2.24, 2.45) is 0 Å². The fraction of sp³-hybridized carbons (Fsp3) is 0.370. The van der Waals surface area contributed by atoms with E-state index in [1.54, 1.807) is 0 Å². The molecule has 0 bridgehead atoms. The summed E-state index contributed by atoms with van der Waals surface area (Å²) in [6.45, 7) is 9.77. The first-order valence-electron chi connectivity index (χ1n) is 11.1. The Labute approximate surface area is 181 Å². The van der Waals surface area contributed by atoms with Crippen LogP contribution >= 0.6 is 0 Å². The van der Waals surface area contributed by atoms with E-state index in [9.17, 15) is 5.11 Å². The van der Waals surface area contributed by atoms with Gasteiger partial charge in [-0.3, -0.25) is 4.98 Å². The van der Waals surface area contributed by atoms with Crippen molar-refractivity contribution in [3.05, 3.63) is 83.6 Å². The predicted octanol–water partition coefficient (Wildman–Crippen LogP) is 6.56. The molecule has 3 heteroatoms. The zero-order chi connectivity index (χ0) is 21.5. The van der Waals surface area contributed by atoms with Crippen LogP contribution in [0.3, 0.4) is 0 Å². The molecule has 3 rings (SSSR count). The van der Waals surface area contributed by atoms with Crippen molar-refractivity contribution in [3.8, 4) is 11.3 Å². The molecule has 1 aromatic heterocycles. The van der Waals surface area contributed by atoms with Crippen molar-refractivity contribution in [1.82, 2.24) is 4.98 Å². The minimum absolute atomic E-state index is 0.0447. The Morgan fingerprint density at radius 1 is 0.867 bits per heavy atom. The van der Waals surface area contributed by atoms with Crippen molar-refractivity contribution >= 4 is 5.69 Å². The van der Waals surface area contributed by atoms with Crippen LogP contribution < -0.4 is 4.90 Å². The van der Waals surface area contributed by atoms with Crippen molar-refractivity contribution in [1.29, 1.82) is 0 Å². The first kappa shape index (κ1) is 22.0. The number of aromatic nitrogens is 1. The van der Waals surface area contributed by atoms with Gasteiger partial charge in [0.25, 0.3) is 0 Å². The summed E-state index contributed by atoms with van der Waals surface area (Å²) in [4.78, 5) is 7.06. The number of hydrogen-bond donors (Lipinski definition) is 1. The lowest BCUT2D eigenvalue weighted by Gasteiger charge is -2.30. The second-order valence-corrected chi connectivity index (χ2v) is 8.16.